The molecule has 0 unspecified atom stereocenters. The van der Waals surface area contributed by atoms with E-state index in [1.807, 2.05) is 24.3 Å². The summed E-state index contributed by atoms with van der Waals surface area (Å²) in [6, 6.07) is 7.56. The standard InChI is InChI=1S/C20H22ClN5O3.ClH/c1-29-20(28)16-11-26-17(19(27)23-16)14(9-12-5-2-3-7-15(12)21)18(24-26)25-8-4-6-13(22)10-25;/h2-3,5,7,11,13H,4,6,8-10,22H2,1H3,(H,23,27);1H/t13-;/m1./s1. The number of aromatic amines is 1. The maximum atomic E-state index is 12.9. The molecule has 0 saturated carbocycles. The van der Waals surface area contributed by atoms with Crippen LogP contribution in [0.4, 0.5) is 5.82 Å². The lowest BCUT2D eigenvalue weighted by molar-refractivity contribution is 0.0593. The van der Waals surface area contributed by atoms with Crippen molar-refractivity contribution in [3.63, 3.8) is 0 Å². The number of ether oxygens (including phenoxy) is 1. The van der Waals surface area contributed by atoms with Crippen molar-refractivity contribution in [3.8, 4) is 0 Å². The fourth-order valence-corrected chi connectivity index (χ4v) is 3.99. The molecule has 0 amide bonds. The van der Waals surface area contributed by atoms with E-state index in [9.17, 15) is 9.59 Å². The summed E-state index contributed by atoms with van der Waals surface area (Å²) in [4.78, 5) is 29.5. The Balaban J connectivity index is 0.00000256. The highest BCUT2D eigenvalue weighted by atomic mass is 35.5. The largest absolute Gasteiger partial charge is 0.464 e. The second-order valence-corrected chi connectivity index (χ2v) is 7.61. The van der Waals surface area contributed by atoms with Crippen LogP contribution in [-0.4, -0.2) is 46.8 Å². The molecule has 10 heteroatoms. The molecule has 1 aliphatic rings. The molecule has 0 bridgehead atoms. The summed E-state index contributed by atoms with van der Waals surface area (Å²) >= 11 is 6.37. The normalized spacial score (nSPS) is 16.4. The molecule has 1 atom stereocenters. The van der Waals surface area contributed by atoms with Gasteiger partial charge in [-0.15, -0.1) is 17.5 Å². The van der Waals surface area contributed by atoms with Gasteiger partial charge >= 0.3 is 5.97 Å². The minimum absolute atomic E-state index is 0. The zero-order valence-electron chi connectivity index (χ0n) is 16.4. The van der Waals surface area contributed by atoms with Gasteiger partial charge in [0.2, 0.25) is 0 Å². The molecule has 1 saturated heterocycles. The van der Waals surface area contributed by atoms with E-state index in [1.165, 1.54) is 17.8 Å². The Kier molecular flexibility index (Phi) is 6.70. The lowest BCUT2D eigenvalue weighted by atomic mass is 10.0. The molecule has 0 spiro atoms. The van der Waals surface area contributed by atoms with E-state index in [0.717, 1.165) is 30.5 Å². The number of benzene rings is 1. The monoisotopic (exact) mass is 451 g/mol. The molecule has 1 aromatic carbocycles. The number of methoxy groups -OCH3 is 1. The first-order valence-corrected chi connectivity index (χ1v) is 9.82. The maximum Gasteiger partial charge on any atom is 0.356 e. The Morgan fingerprint density at radius 1 is 1.40 bits per heavy atom. The van der Waals surface area contributed by atoms with Crippen molar-refractivity contribution in [1.29, 1.82) is 0 Å². The Hall–Kier alpha value is -2.55. The van der Waals surface area contributed by atoms with Gasteiger partial charge in [0.1, 0.15) is 11.2 Å². The van der Waals surface area contributed by atoms with Crippen molar-refractivity contribution >= 4 is 41.3 Å². The average molecular weight is 452 g/mol. The molecule has 160 valence electrons. The number of esters is 1. The Labute approximate surface area is 184 Å². The predicted molar refractivity (Wildman–Crippen MR) is 118 cm³/mol. The Morgan fingerprint density at radius 2 is 2.17 bits per heavy atom. The van der Waals surface area contributed by atoms with Crippen LogP contribution in [0, 0.1) is 0 Å². The van der Waals surface area contributed by atoms with Gasteiger partial charge in [0, 0.05) is 36.1 Å². The molecule has 0 radical (unpaired) electrons. The van der Waals surface area contributed by atoms with E-state index in [1.54, 1.807) is 0 Å². The van der Waals surface area contributed by atoms with E-state index >= 15 is 0 Å². The lowest BCUT2D eigenvalue weighted by Gasteiger charge is -2.31. The van der Waals surface area contributed by atoms with Crippen LogP contribution < -0.4 is 16.2 Å². The number of carbonyl (C=O) groups excluding carboxylic acids is 1. The van der Waals surface area contributed by atoms with Gasteiger partial charge in [0.15, 0.2) is 5.82 Å². The maximum absolute atomic E-state index is 12.9. The van der Waals surface area contributed by atoms with Crippen molar-refractivity contribution in [2.75, 3.05) is 25.1 Å². The molecular weight excluding hydrogens is 429 g/mol. The third kappa shape index (κ3) is 4.16. The highest BCUT2D eigenvalue weighted by Crippen LogP contribution is 2.29. The third-order valence-corrected chi connectivity index (χ3v) is 5.56. The quantitative estimate of drug-likeness (QED) is 0.589. The topological polar surface area (TPSA) is 106 Å². The van der Waals surface area contributed by atoms with Crippen LogP contribution in [0.2, 0.25) is 5.02 Å². The van der Waals surface area contributed by atoms with E-state index in [4.69, 9.17) is 22.1 Å². The zero-order valence-corrected chi connectivity index (χ0v) is 18.0. The second kappa shape index (κ2) is 9.07. The number of carbonyl (C=O) groups is 1. The summed E-state index contributed by atoms with van der Waals surface area (Å²) < 4.78 is 6.18. The van der Waals surface area contributed by atoms with E-state index < -0.39 is 11.5 Å². The summed E-state index contributed by atoms with van der Waals surface area (Å²) in [6.45, 7) is 1.45. The number of nitrogens with two attached hydrogens (primary N) is 1. The van der Waals surface area contributed by atoms with Crippen molar-refractivity contribution < 1.29 is 9.53 Å². The van der Waals surface area contributed by atoms with Crippen molar-refractivity contribution in [2.45, 2.75) is 25.3 Å². The number of nitrogens with one attached hydrogen (secondary N) is 1. The Bertz CT molecular complexity index is 1130. The van der Waals surface area contributed by atoms with Crippen molar-refractivity contribution in [3.05, 3.63) is 62.7 Å². The van der Waals surface area contributed by atoms with Gasteiger partial charge in [-0.25, -0.2) is 9.31 Å². The fourth-order valence-electron chi connectivity index (χ4n) is 3.79. The lowest BCUT2D eigenvalue weighted by Crippen LogP contribution is -2.43. The zero-order chi connectivity index (χ0) is 20.5. The molecule has 8 nitrogen and oxygen atoms in total. The summed E-state index contributed by atoms with van der Waals surface area (Å²) in [7, 11) is 1.26. The van der Waals surface area contributed by atoms with Gasteiger partial charge in [-0.2, -0.15) is 0 Å². The van der Waals surface area contributed by atoms with Crippen LogP contribution in [0.15, 0.2) is 35.3 Å². The number of anilines is 1. The van der Waals surface area contributed by atoms with Gasteiger partial charge in [-0.1, -0.05) is 29.8 Å². The SMILES string of the molecule is COC(=O)c1cn2nc(N3CCC[C@@H](N)C3)c(Cc3ccccc3Cl)c2c(=O)[nH]1.Cl. The van der Waals surface area contributed by atoms with Gasteiger partial charge in [0.05, 0.1) is 13.3 Å². The summed E-state index contributed by atoms with van der Waals surface area (Å²) in [5, 5.41) is 5.27. The van der Waals surface area contributed by atoms with Gasteiger partial charge in [0.25, 0.3) is 5.56 Å². The first-order chi connectivity index (χ1) is 14.0. The number of hydrogen-bond acceptors (Lipinski definition) is 6. The number of nitrogens with zero attached hydrogens (tertiary/aromatic N) is 3. The summed E-state index contributed by atoms with van der Waals surface area (Å²) in [5.74, 6) is 0.0567. The van der Waals surface area contributed by atoms with Gasteiger partial charge in [-0.3, -0.25) is 4.79 Å². The molecule has 1 aliphatic heterocycles. The van der Waals surface area contributed by atoms with Crippen LogP contribution in [0.1, 0.15) is 34.5 Å². The van der Waals surface area contributed by atoms with E-state index in [-0.39, 0.29) is 24.1 Å². The average Bonchev–Trinajstić information content (AvgIpc) is 3.08. The molecular formula is C20H23Cl2N5O3. The summed E-state index contributed by atoms with van der Waals surface area (Å²) in [6.07, 6.45) is 3.82. The first kappa shape index (κ1) is 22.1. The second-order valence-electron chi connectivity index (χ2n) is 7.20. The van der Waals surface area contributed by atoms with Gasteiger partial charge in [-0.05, 0) is 24.5 Å². The molecule has 0 aliphatic carbocycles. The van der Waals surface area contributed by atoms with Crippen LogP contribution >= 0.6 is 24.0 Å². The smallest absolute Gasteiger partial charge is 0.356 e. The molecule has 2 aromatic heterocycles. The minimum Gasteiger partial charge on any atom is -0.464 e. The van der Waals surface area contributed by atoms with E-state index in [0.29, 0.717) is 29.3 Å². The predicted octanol–water partition coefficient (Wildman–Crippen LogP) is 2.40. The molecule has 4 rings (SSSR count). The molecule has 3 aromatic rings. The molecule has 3 heterocycles. The van der Waals surface area contributed by atoms with Crippen molar-refractivity contribution in [2.24, 2.45) is 5.73 Å². The van der Waals surface area contributed by atoms with Crippen LogP contribution in [0.3, 0.4) is 0 Å². The minimum atomic E-state index is -0.631. The number of fused-ring (bicyclic) bond motifs is 1. The number of halogens is 2. The molecule has 30 heavy (non-hydrogen) atoms. The number of aromatic nitrogens is 3. The third-order valence-electron chi connectivity index (χ3n) is 5.19. The Morgan fingerprint density at radius 3 is 2.87 bits per heavy atom. The number of H-pyrrole nitrogens is 1. The molecule has 1 fully saturated rings. The fraction of sp³-hybridized carbons (Fsp3) is 0.350. The van der Waals surface area contributed by atoms with Crippen LogP contribution in [-0.2, 0) is 11.2 Å². The highest BCUT2D eigenvalue weighted by molar-refractivity contribution is 6.31. The van der Waals surface area contributed by atoms with Crippen LogP contribution in [0.25, 0.3) is 5.52 Å². The number of piperidine rings is 1. The first-order valence-electron chi connectivity index (χ1n) is 9.44. The van der Waals surface area contributed by atoms with Gasteiger partial charge < -0.3 is 20.4 Å². The number of rotatable bonds is 4. The van der Waals surface area contributed by atoms with Crippen LogP contribution in [0.5, 0.6) is 0 Å². The number of hydrogen-bond donors (Lipinski definition) is 2. The van der Waals surface area contributed by atoms with E-state index in [2.05, 4.69) is 15.0 Å². The highest BCUT2D eigenvalue weighted by Gasteiger charge is 2.26. The molecule has 3 N–H and O–H groups in total. The summed E-state index contributed by atoms with van der Waals surface area (Å²) in [5.41, 5.74) is 7.83. The van der Waals surface area contributed by atoms with Crippen molar-refractivity contribution in [1.82, 2.24) is 14.6 Å².